The molecule has 0 spiro atoms. The molecule has 0 saturated heterocycles. The van der Waals surface area contributed by atoms with E-state index in [-0.39, 0.29) is 16.8 Å². The number of benzene rings is 3. The Balaban J connectivity index is 1.84. The minimum absolute atomic E-state index is 0.0693. The maximum Gasteiger partial charge on any atom is 0.287 e. The van der Waals surface area contributed by atoms with Crippen LogP contribution in [0, 0.1) is 10.1 Å². The van der Waals surface area contributed by atoms with Gasteiger partial charge in [0.1, 0.15) is 17.7 Å². The van der Waals surface area contributed by atoms with E-state index < -0.39 is 4.92 Å². The zero-order chi connectivity index (χ0) is 18.4. The monoisotopic (exact) mass is 413 g/mol. The Morgan fingerprint density at radius 1 is 0.808 bits per heavy atom. The highest BCUT2D eigenvalue weighted by Crippen LogP contribution is 2.42. The van der Waals surface area contributed by atoms with Crippen LogP contribution in [0.2, 0.25) is 0 Å². The van der Waals surface area contributed by atoms with Crippen LogP contribution in [0.25, 0.3) is 0 Å². The summed E-state index contributed by atoms with van der Waals surface area (Å²) in [6.07, 6.45) is 0. The normalized spacial score (nSPS) is 10.3. The SMILES string of the molecule is O=[N+]([O-])c1ccc(OCc2ccccc2)c(OCc2ccccc2)c1Br. The van der Waals surface area contributed by atoms with Gasteiger partial charge in [-0.3, -0.25) is 10.1 Å². The van der Waals surface area contributed by atoms with Crippen LogP contribution < -0.4 is 9.47 Å². The van der Waals surface area contributed by atoms with Gasteiger partial charge in [-0.15, -0.1) is 0 Å². The van der Waals surface area contributed by atoms with E-state index in [4.69, 9.17) is 9.47 Å². The molecule has 0 radical (unpaired) electrons. The number of hydrogen-bond acceptors (Lipinski definition) is 4. The fourth-order valence-electron chi connectivity index (χ4n) is 2.38. The molecule has 0 aromatic heterocycles. The largest absolute Gasteiger partial charge is 0.485 e. The van der Waals surface area contributed by atoms with Gasteiger partial charge in [0.05, 0.1) is 4.92 Å². The van der Waals surface area contributed by atoms with Gasteiger partial charge in [-0.25, -0.2) is 0 Å². The smallest absolute Gasteiger partial charge is 0.287 e. The van der Waals surface area contributed by atoms with Crippen molar-refractivity contribution in [3.63, 3.8) is 0 Å². The molecule has 0 unspecified atom stereocenters. The molecule has 132 valence electrons. The van der Waals surface area contributed by atoms with Crippen molar-refractivity contribution in [3.8, 4) is 11.5 Å². The van der Waals surface area contributed by atoms with Gasteiger partial charge in [-0.1, -0.05) is 60.7 Å². The molecule has 26 heavy (non-hydrogen) atoms. The van der Waals surface area contributed by atoms with Gasteiger partial charge in [-0.2, -0.15) is 0 Å². The molecule has 3 rings (SSSR count). The van der Waals surface area contributed by atoms with E-state index in [1.54, 1.807) is 6.07 Å². The fraction of sp³-hybridized carbons (Fsp3) is 0.100. The Morgan fingerprint density at radius 3 is 1.88 bits per heavy atom. The first-order valence-electron chi connectivity index (χ1n) is 7.95. The maximum absolute atomic E-state index is 11.2. The van der Waals surface area contributed by atoms with Crippen molar-refractivity contribution in [2.75, 3.05) is 0 Å². The van der Waals surface area contributed by atoms with Crippen LogP contribution in [0.1, 0.15) is 11.1 Å². The van der Waals surface area contributed by atoms with Gasteiger partial charge in [0.25, 0.3) is 5.69 Å². The lowest BCUT2D eigenvalue weighted by Gasteiger charge is -2.14. The highest BCUT2D eigenvalue weighted by molar-refractivity contribution is 9.10. The third-order valence-corrected chi connectivity index (χ3v) is 4.47. The molecular weight excluding hydrogens is 398 g/mol. The van der Waals surface area contributed by atoms with Gasteiger partial charge in [0.2, 0.25) is 0 Å². The number of ether oxygens (including phenoxy) is 2. The van der Waals surface area contributed by atoms with Gasteiger partial charge in [0.15, 0.2) is 11.5 Å². The molecule has 0 N–H and O–H groups in total. The van der Waals surface area contributed by atoms with Gasteiger partial charge < -0.3 is 9.47 Å². The Kier molecular flexibility index (Phi) is 5.86. The summed E-state index contributed by atoms with van der Waals surface area (Å²) < 4.78 is 12.0. The zero-order valence-electron chi connectivity index (χ0n) is 13.8. The molecule has 0 fully saturated rings. The van der Waals surface area contributed by atoms with Crippen LogP contribution in [0.15, 0.2) is 77.3 Å². The Hall–Kier alpha value is -2.86. The summed E-state index contributed by atoms with van der Waals surface area (Å²) in [6, 6.07) is 22.2. The summed E-state index contributed by atoms with van der Waals surface area (Å²) in [5.74, 6) is 0.765. The molecule has 0 saturated carbocycles. The number of hydrogen-bond donors (Lipinski definition) is 0. The Labute approximate surface area is 159 Å². The average molecular weight is 414 g/mol. The van der Waals surface area contributed by atoms with Crippen LogP contribution in [-0.2, 0) is 13.2 Å². The topological polar surface area (TPSA) is 61.6 Å². The van der Waals surface area contributed by atoms with E-state index in [0.29, 0.717) is 18.1 Å². The summed E-state index contributed by atoms with van der Waals surface area (Å²) >= 11 is 3.29. The highest BCUT2D eigenvalue weighted by atomic mass is 79.9. The first-order valence-corrected chi connectivity index (χ1v) is 8.75. The molecule has 0 aliphatic heterocycles. The first-order chi connectivity index (χ1) is 12.6. The van der Waals surface area contributed by atoms with Crippen molar-refractivity contribution >= 4 is 21.6 Å². The first kappa shape index (κ1) is 17.9. The van der Waals surface area contributed by atoms with Crippen molar-refractivity contribution in [1.82, 2.24) is 0 Å². The van der Waals surface area contributed by atoms with Crippen molar-refractivity contribution in [2.24, 2.45) is 0 Å². The van der Waals surface area contributed by atoms with E-state index in [1.165, 1.54) is 6.07 Å². The molecular formula is C20H16BrNO4. The third kappa shape index (κ3) is 4.40. The number of halogens is 1. The lowest BCUT2D eigenvalue weighted by molar-refractivity contribution is -0.385. The molecule has 6 heteroatoms. The second kappa shape index (κ2) is 8.49. The number of nitrogens with zero attached hydrogens (tertiary/aromatic N) is 1. The molecule has 3 aromatic rings. The van der Waals surface area contributed by atoms with E-state index in [1.807, 2.05) is 60.7 Å². The number of nitro groups is 1. The summed E-state index contributed by atoms with van der Waals surface area (Å²) in [6.45, 7) is 0.620. The second-order valence-electron chi connectivity index (χ2n) is 5.53. The molecule has 0 aliphatic carbocycles. The molecule has 0 amide bonds. The van der Waals surface area contributed by atoms with Crippen LogP contribution in [0.4, 0.5) is 5.69 Å². The van der Waals surface area contributed by atoms with Crippen molar-refractivity contribution in [2.45, 2.75) is 13.2 Å². The summed E-state index contributed by atoms with van der Waals surface area (Å²) in [5, 5.41) is 11.2. The molecule has 3 aromatic carbocycles. The second-order valence-corrected chi connectivity index (χ2v) is 6.32. The lowest BCUT2D eigenvalue weighted by Crippen LogP contribution is -2.02. The minimum atomic E-state index is -0.458. The van der Waals surface area contributed by atoms with Crippen LogP contribution in [0.3, 0.4) is 0 Å². The molecule has 0 atom stereocenters. The fourth-order valence-corrected chi connectivity index (χ4v) is 2.97. The zero-order valence-corrected chi connectivity index (χ0v) is 15.4. The molecule has 0 bridgehead atoms. The van der Waals surface area contributed by atoms with Crippen LogP contribution in [-0.4, -0.2) is 4.92 Å². The van der Waals surface area contributed by atoms with Crippen molar-refractivity contribution < 1.29 is 14.4 Å². The lowest BCUT2D eigenvalue weighted by atomic mass is 10.2. The standard InChI is InChI=1S/C20H16BrNO4/c21-19-17(22(23)24)11-12-18(25-13-15-7-3-1-4-8-15)20(19)26-14-16-9-5-2-6-10-16/h1-12H,13-14H2. The van der Waals surface area contributed by atoms with E-state index in [9.17, 15) is 10.1 Å². The molecule has 5 nitrogen and oxygen atoms in total. The minimum Gasteiger partial charge on any atom is -0.485 e. The van der Waals surface area contributed by atoms with Gasteiger partial charge >= 0.3 is 0 Å². The summed E-state index contributed by atoms with van der Waals surface area (Å²) in [7, 11) is 0. The van der Waals surface area contributed by atoms with Crippen molar-refractivity contribution in [1.29, 1.82) is 0 Å². The van der Waals surface area contributed by atoms with E-state index >= 15 is 0 Å². The maximum atomic E-state index is 11.2. The van der Waals surface area contributed by atoms with E-state index in [2.05, 4.69) is 15.9 Å². The molecule has 0 heterocycles. The summed E-state index contributed by atoms with van der Waals surface area (Å²) in [4.78, 5) is 10.8. The average Bonchev–Trinajstić information content (AvgIpc) is 2.67. The molecule has 0 aliphatic rings. The summed E-state index contributed by atoms with van der Waals surface area (Å²) in [5.41, 5.74) is 1.89. The number of rotatable bonds is 7. The van der Waals surface area contributed by atoms with Gasteiger partial charge in [0, 0.05) is 6.07 Å². The Bertz CT molecular complexity index is 885. The van der Waals surface area contributed by atoms with E-state index in [0.717, 1.165) is 11.1 Å². The predicted octanol–water partition coefficient (Wildman–Crippen LogP) is 5.52. The predicted molar refractivity (Wildman–Crippen MR) is 102 cm³/mol. The Morgan fingerprint density at radius 2 is 1.35 bits per heavy atom. The van der Waals surface area contributed by atoms with Crippen LogP contribution in [0.5, 0.6) is 11.5 Å². The highest BCUT2D eigenvalue weighted by Gasteiger charge is 2.21. The number of nitro benzene ring substituents is 1. The van der Waals surface area contributed by atoms with Gasteiger partial charge in [-0.05, 0) is 33.1 Å². The van der Waals surface area contributed by atoms with Crippen molar-refractivity contribution in [3.05, 3.63) is 98.5 Å². The third-order valence-electron chi connectivity index (χ3n) is 3.70. The van der Waals surface area contributed by atoms with Crippen LogP contribution >= 0.6 is 15.9 Å². The quantitative estimate of drug-likeness (QED) is 0.378.